The van der Waals surface area contributed by atoms with E-state index in [1.54, 1.807) is 6.07 Å². The first-order valence-electron chi connectivity index (χ1n) is 7.47. The summed E-state index contributed by atoms with van der Waals surface area (Å²) in [4.78, 5) is 28.1. The fourth-order valence-corrected chi connectivity index (χ4v) is 3.24. The molecule has 0 aliphatic carbocycles. The van der Waals surface area contributed by atoms with Gasteiger partial charge < -0.3 is 19.5 Å². The van der Waals surface area contributed by atoms with Crippen LogP contribution in [0.25, 0.3) is 0 Å². The Labute approximate surface area is 124 Å². The third-order valence-corrected chi connectivity index (χ3v) is 4.29. The smallest absolute Gasteiger partial charge is 0.317 e. The molecule has 1 aromatic rings. The van der Waals surface area contributed by atoms with Gasteiger partial charge in [0.15, 0.2) is 0 Å². The molecule has 2 aliphatic rings. The first-order valence-corrected chi connectivity index (χ1v) is 7.47. The summed E-state index contributed by atoms with van der Waals surface area (Å²) in [6.45, 7) is 6.44. The Bertz CT molecular complexity index is 567. The van der Waals surface area contributed by atoms with Crippen LogP contribution in [0.1, 0.15) is 34.7 Å². The Morgan fingerprint density at radius 2 is 2.19 bits per heavy atom. The molecule has 1 N–H and O–H groups in total. The van der Waals surface area contributed by atoms with Crippen LogP contribution in [0.4, 0.5) is 4.79 Å². The van der Waals surface area contributed by atoms with E-state index in [2.05, 4.69) is 5.32 Å². The van der Waals surface area contributed by atoms with Crippen LogP contribution in [0.15, 0.2) is 10.5 Å². The molecule has 3 heterocycles. The highest BCUT2D eigenvalue weighted by molar-refractivity contribution is 5.95. The average molecular weight is 291 g/mol. The predicted molar refractivity (Wildman–Crippen MR) is 77.2 cm³/mol. The standard InChI is InChI=1S/C15H21N3O3/c1-10-8-13(11(2)21-10)14(19)17-6-3-4-12(9-17)18-7-5-16-15(18)20/h8,12H,3-7,9H2,1-2H3,(H,16,20). The lowest BCUT2D eigenvalue weighted by atomic mass is 10.0. The van der Waals surface area contributed by atoms with Crippen LogP contribution >= 0.6 is 0 Å². The second-order valence-corrected chi connectivity index (χ2v) is 5.80. The molecule has 3 amide bonds. The van der Waals surface area contributed by atoms with Crippen molar-refractivity contribution < 1.29 is 14.0 Å². The van der Waals surface area contributed by atoms with Gasteiger partial charge in [-0.05, 0) is 32.8 Å². The van der Waals surface area contributed by atoms with E-state index in [1.807, 2.05) is 23.6 Å². The molecule has 21 heavy (non-hydrogen) atoms. The van der Waals surface area contributed by atoms with Crippen molar-refractivity contribution in [2.75, 3.05) is 26.2 Å². The summed E-state index contributed by atoms with van der Waals surface area (Å²) in [7, 11) is 0. The topological polar surface area (TPSA) is 65.8 Å². The summed E-state index contributed by atoms with van der Waals surface area (Å²) in [6, 6.07) is 1.91. The van der Waals surface area contributed by atoms with E-state index in [-0.39, 0.29) is 18.0 Å². The van der Waals surface area contributed by atoms with E-state index >= 15 is 0 Å². The lowest BCUT2D eigenvalue weighted by Crippen LogP contribution is -2.50. The highest BCUT2D eigenvalue weighted by atomic mass is 16.3. The number of amides is 3. The van der Waals surface area contributed by atoms with Crippen LogP contribution in [0.3, 0.4) is 0 Å². The number of urea groups is 1. The molecule has 0 saturated carbocycles. The van der Waals surface area contributed by atoms with Crippen molar-refractivity contribution in [1.82, 2.24) is 15.1 Å². The Balaban J connectivity index is 1.72. The predicted octanol–water partition coefficient (Wildman–Crippen LogP) is 1.53. The molecule has 3 rings (SSSR count). The van der Waals surface area contributed by atoms with Crippen molar-refractivity contribution >= 4 is 11.9 Å². The van der Waals surface area contributed by atoms with Crippen LogP contribution < -0.4 is 5.32 Å². The molecular formula is C15H21N3O3. The van der Waals surface area contributed by atoms with Crippen molar-refractivity contribution in [3.63, 3.8) is 0 Å². The molecule has 2 aliphatic heterocycles. The number of nitrogens with one attached hydrogen (secondary N) is 1. The van der Waals surface area contributed by atoms with Gasteiger partial charge in [-0.15, -0.1) is 0 Å². The maximum Gasteiger partial charge on any atom is 0.317 e. The third kappa shape index (κ3) is 2.62. The number of piperidine rings is 1. The molecule has 0 bridgehead atoms. The van der Waals surface area contributed by atoms with E-state index in [0.29, 0.717) is 24.4 Å². The maximum atomic E-state index is 12.6. The largest absolute Gasteiger partial charge is 0.466 e. The van der Waals surface area contributed by atoms with E-state index in [9.17, 15) is 9.59 Å². The van der Waals surface area contributed by atoms with Gasteiger partial charge in [0.2, 0.25) is 0 Å². The molecule has 0 spiro atoms. The maximum absolute atomic E-state index is 12.6. The number of rotatable bonds is 2. The van der Waals surface area contributed by atoms with Gasteiger partial charge in [0.1, 0.15) is 11.5 Å². The summed E-state index contributed by atoms with van der Waals surface area (Å²) >= 11 is 0. The van der Waals surface area contributed by atoms with Crippen molar-refractivity contribution in [2.24, 2.45) is 0 Å². The SMILES string of the molecule is Cc1cc(C(=O)N2CCCC(N3CCNC3=O)C2)c(C)o1. The fourth-order valence-electron chi connectivity index (χ4n) is 3.24. The summed E-state index contributed by atoms with van der Waals surface area (Å²) in [6.07, 6.45) is 1.89. The summed E-state index contributed by atoms with van der Waals surface area (Å²) in [5.41, 5.74) is 0.638. The molecule has 2 fully saturated rings. The van der Waals surface area contributed by atoms with Crippen LogP contribution in [0.5, 0.6) is 0 Å². The molecule has 1 aromatic heterocycles. The Morgan fingerprint density at radius 3 is 2.81 bits per heavy atom. The zero-order chi connectivity index (χ0) is 15.0. The second kappa shape index (κ2) is 5.42. The van der Waals surface area contributed by atoms with Gasteiger partial charge in [0.25, 0.3) is 5.91 Å². The Kier molecular flexibility index (Phi) is 3.61. The van der Waals surface area contributed by atoms with Gasteiger partial charge in [-0.25, -0.2) is 4.79 Å². The lowest BCUT2D eigenvalue weighted by Gasteiger charge is -2.37. The first-order chi connectivity index (χ1) is 10.1. The minimum Gasteiger partial charge on any atom is -0.466 e. The molecule has 1 atom stereocenters. The lowest BCUT2D eigenvalue weighted by molar-refractivity contribution is 0.0632. The molecule has 0 radical (unpaired) electrons. The van der Waals surface area contributed by atoms with Crippen molar-refractivity contribution in [3.8, 4) is 0 Å². The van der Waals surface area contributed by atoms with Gasteiger partial charge in [-0.2, -0.15) is 0 Å². The van der Waals surface area contributed by atoms with E-state index < -0.39 is 0 Å². The molecule has 1 unspecified atom stereocenters. The fraction of sp³-hybridized carbons (Fsp3) is 0.600. The Hall–Kier alpha value is -1.98. The average Bonchev–Trinajstić information content (AvgIpc) is 3.03. The summed E-state index contributed by atoms with van der Waals surface area (Å²) in [5.74, 6) is 1.43. The number of furan rings is 1. The van der Waals surface area contributed by atoms with Gasteiger partial charge in [0, 0.05) is 26.2 Å². The van der Waals surface area contributed by atoms with E-state index in [4.69, 9.17) is 4.42 Å². The minimum absolute atomic E-state index is 0.00801. The first kappa shape index (κ1) is 14.0. The molecule has 6 heteroatoms. The summed E-state index contributed by atoms with van der Waals surface area (Å²) < 4.78 is 5.45. The number of hydrogen-bond donors (Lipinski definition) is 1. The molecule has 0 aromatic carbocycles. The number of aryl methyl sites for hydroxylation is 2. The van der Waals surface area contributed by atoms with Gasteiger partial charge >= 0.3 is 6.03 Å². The second-order valence-electron chi connectivity index (χ2n) is 5.80. The van der Waals surface area contributed by atoms with Gasteiger partial charge in [0.05, 0.1) is 11.6 Å². The third-order valence-electron chi connectivity index (χ3n) is 4.29. The number of hydrogen-bond acceptors (Lipinski definition) is 3. The quantitative estimate of drug-likeness (QED) is 0.898. The zero-order valence-corrected chi connectivity index (χ0v) is 12.5. The zero-order valence-electron chi connectivity index (χ0n) is 12.5. The highest BCUT2D eigenvalue weighted by Crippen LogP contribution is 2.22. The molecular weight excluding hydrogens is 270 g/mol. The molecule has 6 nitrogen and oxygen atoms in total. The van der Waals surface area contributed by atoms with Crippen LogP contribution in [0.2, 0.25) is 0 Å². The van der Waals surface area contributed by atoms with E-state index in [0.717, 1.165) is 31.7 Å². The summed E-state index contributed by atoms with van der Waals surface area (Å²) in [5, 5.41) is 2.82. The van der Waals surface area contributed by atoms with Crippen LogP contribution in [-0.2, 0) is 0 Å². The highest BCUT2D eigenvalue weighted by Gasteiger charge is 2.33. The molecule has 114 valence electrons. The Morgan fingerprint density at radius 1 is 1.38 bits per heavy atom. The monoisotopic (exact) mass is 291 g/mol. The van der Waals surface area contributed by atoms with Gasteiger partial charge in [-0.3, -0.25) is 4.79 Å². The molecule has 2 saturated heterocycles. The van der Waals surface area contributed by atoms with Gasteiger partial charge in [-0.1, -0.05) is 0 Å². The normalized spacial score (nSPS) is 22.6. The van der Waals surface area contributed by atoms with Crippen molar-refractivity contribution in [3.05, 3.63) is 23.2 Å². The van der Waals surface area contributed by atoms with Crippen LogP contribution in [-0.4, -0.2) is 54.0 Å². The number of likely N-dealkylation sites (tertiary alicyclic amines) is 1. The number of carbonyl (C=O) groups excluding carboxylic acids is 2. The van der Waals surface area contributed by atoms with Crippen LogP contribution in [0, 0.1) is 13.8 Å². The van der Waals surface area contributed by atoms with E-state index in [1.165, 1.54) is 0 Å². The minimum atomic E-state index is -0.00960. The van der Waals surface area contributed by atoms with Crippen molar-refractivity contribution in [1.29, 1.82) is 0 Å². The number of nitrogens with zero attached hydrogens (tertiary/aromatic N) is 2. The van der Waals surface area contributed by atoms with Crippen molar-refractivity contribution in [2.45, 2.75) is 32.7 Å². The number of carbonyl (C=O) groups is 2.